The first-order valence-corrected chi connectivity index (χ1v) is 12.2. The molecule has 8 nitrogen and oxygen atoms in total. The van der Waals surface area contributed by atoms with Crippen LogP contribution in [0.4, 0.5) is 4.79 Å². The number of carbonyl (C=O) groups excluding carboxylic acids is 2. The van der Waals surface area contributed by atoms with Crippen molar-refractivity contribution in [3.8, 4) is 0 Å². The summed E-state index contributed by atoms with van der Waals surface area (Å²) in [6.07, 6.45) is 4.63. The van der Waals surface area contributed by atoms with E-state index < -0.39 is 10.0 Å². The van der Waals surface area contributed by atoms with Crippen LogP contribution in [0.2, 0.25) is 0 Å². The first-order chi connectivity index (χ1) is 14.3. The summed E-state index contributed by atoms with van der Waals surface area (Å²) in [6.45, 7) is 6.52. The van der Waals surface area contributed by atoms with Crippen molar-refractivity contribution in [3.63, 3.8) is 0 Å². The van der Waals surface area contributed by atoms with Gasteiger partial charge in [-0.25, -0.2) is 13.2 Å². The maximum atomic E-state index is 12.5. The Morgan fingerprint density at radius 1 is 1.10 bits per heavy atom. The number of rotatable bonds is 10. The van der Waals surface area contributed by atoms with Gasteiger partial charge < -0.3 is 16.0 Å². The second-order valence-electron chi connectivity index (χ2n) is 7.58. The van der Waals surface area contributed by atoms with Crippen LogP contribution in [0, 0.1) is 0 Å². The number of amides is 3. The van der Waals surface area contributed by atoms with E-state index in [0.29, 0.717) is 13.1 Å². The fraction of sp³-hybridized carbons (Fsp3) is 0.619. The van der Waals surface area contributed by atoms with E-state index in [4.69, 9.17) is 0 Å². The van der Waals surface area contributed by atoms with Crippen LogP contribution >= 0.6 is 0 Å². The van der Waals surface area contributed by atoms with Gasteiger partial charge in [0.05, 0.1) is 10.9 Å². The summed E-state index contributed by atoms with van der Waals surface area (Å²) in [5.41, 5.74) is 0.794. The fourth-order valence-corrected chi connectivity index (χ4v) is 5.09. The van der Waals surface area contributed by atoms with E-state index in [1.165, 1.54) is 4.31 Å². The number of urea groups is 1. The molecule has 9 heteroatoms. The number of hydrogen-bond donors (Lipinski definition) is 3. The Balaban J connectivity index is 1.80. The van der Waals surface area contributed by atoms with Crippen LogP contribution in [0.25, 0.3) is 0 Å². The van der Waals surface area contributed by atoms with Crippen molar-refractivity contribution in [3.05, 3.63) is 29.8 Å². The monoisotopic (exact) mass is 438 g/mol. The zero-order valence-corrected chi connectivity index (χ0v) is 18.9. The first-order valence-electron chi connectivity index (χ1n) is 10.7. The largest absolute Gasteiger partial charge is 0.353 e. The molecule has 0 radical (unpaired) electrons. The van der Waals surface area contributed by atoms with E-state index >= 15 is 0 Å². The predicted molar refractivity (Wildman–Crippen MR) is 117 cm³/mol. The maximum absolute atomic E-state index is 12.5. The van der Waals surface area contributed by atoms with Crippen LogP contribution in [0.3, 0.4) is 0 Å². The van der Waals surface area contributed by atoms with E-state index in [9.17, 15) is 18.0 Å². The molecule has 1 aliphatic carbocycles. The van der Waals surface area contributed by atoms with E-state index in [2.05, 4.69) is 16.0 Å². The Hall–Kier alpha value is -2.13. The van der Waals surface area contributed by atoms with Crippen molar-refractivity contribution in [2.75, 3.05) is 19.6 Å². The topological polar surface area (TPSA) is 108 Å². The number of benzene rings is 1. The third-order valence-electron chi connectivity index (χ3n) is 5.43. The molecule has 0 bridgehead atoms. The third kappa shape index (κ3) is 6.70. The Bertz CT molecular complexity index is 801. The minimum atomic E-state index is -3.50. The van der Waals surface area contributed by atoms with Crippen LogP contribution < -0.4 is 16.0 Å². The summed E-state index contributed by atoms with van der Waals surface area (Å²) < 4.78 is 26.5. The Morgan fingerprint density at radius 2 is 1.70 bits per heavy atom. The molecule has 1 saturated carbocycles. The number of carbonyl (C=O) groups is 2. The molecule has 1 fully saturated rings. The number of nitrogens with zero attached hydrogens (tertiary/aromatic N) is 1. The van der Waals surface area contributed by atoms with E-state index in [1.807, 2.05) is 6.92 Å². The van der Waals surface area contributed by atoms with E-state index in [0.717, 1.165) is 31.2 Å². The van der Waals surface area contributed by atoms with Crippen LogP contribution in [0.1, 0.15) is 64.5 Å². The number of sulfonamides is 1. The molecule has 1 atom stereocenters. The van der Waals surface area contributed by atoms with Crippen molar-refractivity contribution in [1.82, 2.24) is 20.3 Å². The second-order valence-corrected chi connectivity index (χ2v) is 9.52. The zero-order valence-electron chi connectivity index (χ0n) is 18.1. The van der Waals surface area contributed by atoms with Crippen molar-refractivity contribution in [2.24, 2.45) is 0 Å². The summed E-state index contributed by atoms with van der Waals surface area (Å²) >= 11 is 0. The highest BCUT2D eigenvalue weighted by Gasteiger charge is 2.22. The molecule has 1 aromatic carbocycles. The second kappa shape index (κ2) is 11.3. The zero-order chi connectivity index (χ0) is 22.1. The van der Waals surface area contributed by atoms with E-state index in [-0.39, 0.29) is 41.9 Å². The van der Waals surface area contributed by atoms with Gasteiger partial charge in [-0.15, -0.1) is 0 Å². The summed E-state index contributed by atoms with van der Waals surface area (Å²) in [4.78, 5) is 24.2. The van der Waals surface area contributed by atoms with Crippen molar-refractivity contribution >= 4 is 22.0 Å². The van der Waals surface area contributed by atoms with Gasteiger partial charge in [-0.2, -0.15) is 4.31 Å². The lowest BCUT2D eigenvalue weighted by atomic mass is 10.1. The lowest BCUT2D eigenvalue weighted by molar-refractivity contribution is -0.121. The van der Waals surface area contributed by atoms with Gasteiger partial charge in [0, 0.05) is 32.1 Å². The smallest absolute Gasteiger partial charge is 0.315 e. The number of nitrogens with one attached hydrogen (secondary N) is 3. The molecule has 1 aliphatic rings. The minimum Gasteiger partial charge on any atom is -0.353 e. The van der Waals surface area contributed by atoms with Crippen molar-refractivity contribution in [1.29, 1.82) is 0 Å². The standard InChI is InChI=1S/C21H34N4O4S/c1-4-25(5-2)30(28,29)19-12-10-17(11-13-19)16(3)23-21(27)22-15-14-20(26)24-18-8-6-7-9-18/h10-13,16,18H,4-9,14-15H2,1-3H3,(H,24,26)(H2,22,23,27). The SMILES string of the molecule is CCN(CC)S(=O)(=O)c1ccc(C(C)NC(=O)NCCC(=O)NC2CCCC2)cc1. The average Bonchev–Trinajstić information content (AvgIpc) is 3.21. The molecule has 3 amide bonds. The molecule has 2 rings (SSSR count). The quantitative estimate of drug-likeness (QED) is 0.522. The van der Waals surface area contributed by atoms with Crippen molar-refractivity contribution in [2.45, 2.75) is 69.9 Å². The van der Waals surface area contributed by atoms with Gasteiger partial charge in [0.2, 0.25) is 15.9 Å². The lowest BCUT2D eigenvalue weighted by Crippen LogP contribution is -2.40. The van der Waals surface area contributed by atoms with Gasteiger partial charge in [0.25, 0.3) is 0 Å². The highest BCUT2D eigenvalue weighted by Crippen LogP contribution is 2.19. The molecule has 30 heavy (non-hydrogen) atoms. The van der Waals surface area contributed by atoms with Crippen LogP contribution in [-0.4, -0.2) is 50.3 Å². The Kier molecular flexibility index (Phi) is 9.10. The Labute approximate surface area is 179 Å². The van der Waals surface area contributed by atoms with Gasteiger partial charge in [-0.1, -0.05) is 38.8 Å². The molecular weight excluding hydrogens is 404 g/mol. The lowest BCUT2D eigenvalue weighted by Gasteiger charge is -2.19. The molecule has 0 saturated heterocycles. The normalized spacial score (nSPS) is 15.7. The van der Waals surface area contributed by atoms with E-state index in [1.54, 1.807) is 38.1 Å². The van der Waals surface area contributed by atoms with Crippen LogP contribution in [0.15, 0.2) is 29.2 Å². The Morgan fingerprint density at radius 3 is 2.27 bits per heavy atom. The molecule has 0 heterocycles. The predicted octanol–water partition coefficient (Wildman–Crippen LogP) is 2.53. The maximum Gasteiger partial charge on any atom is 0.315 e. The first kappa shape index (κ1) is 24.1. The molecule has 1 unspecified atom stereocenters. The summed E-state index contributed by atoms with van der Waals surface area (Å²) in [6, 6.07) is 6.14. The molecular formula is C21H34N4O4S. The van der Waals surface area contributed by atoms with Crippen molar-refractivity contribution < 1.29 is 18.0 Å². The molecule has 0 spiro atoms. The van der Waals surface area contributed by atoms with Gasteiger partial charge >= 0.3 is 6.03 Å². The molecule has 0 aromatic heterocycles. The van der Waals surface area contributed by atoms with Gasteiger partial charge in [0.15, 0.2) is 0 Å². The summed E-state index contributed by atoms with van der Waals surface area (Å²) in [5.74, 6) is -0.0414. The molecule has 3 N–H and O–H groups in total. The van der Waals surface area contributed by atoms with Crippen LogP contribution in [0.5, 0.6) is 0 Å². The van der Waals surface area contributed by atoms with Gasteiger partial charge in [0.1, 0.15) is 0 Å². The van der Waals surface area contributed by atoms with Gasteiger partial charge in [-0.3, -0.25) is 4.79 Å². The molecule has 168 valence electrons. The molecule has 0 aliphatic heterocycles. The molecule has 1 aromatic rings. The fourth-order valence-electron chi connectivity index (χ4n) is 3.63. The summed E-state index contributed by atoms with van der Waals surface area (Å²) in [7, 11) is -3.50. The highest BCUT2D eigenvalue weighted by molar-refractivity contribution is 7.89. The van der Waals surface area contributed by atoms with Crippen LogP contribution in [-0.2, 0) is 14.8 Å². The number of hydrogen-bond acceptors (Lipinski definition) is 4. The summed E-state index contributed by atoms with van der Waals surface area (Å²) in [5, 5.41) is 8.49. The third-order valence-corrected chi connectivity index (χ3v) is 7.49. The minimum absolute atomic E-state index is 0.0414. The highest BCUT2D eigenvalue weighted by atomic mass is 32.2. The van der Waals surface area contributed by atoms with Gasteiger partial charge in [-0.05, 0) is 37.5 Å². The average molecular weight is 439 g/mol.